The number of benzene rings is 1. The number of rotatable bonds is 3. The van der Waals surface area contributed by atoms with Crippen molar-refractivity contribution in [3.8, 4) is 6.07 Å². The second-order valence-corrected chi connectivity index (χ2v) is 5.71. The number of nitriles is 1. The molecule has 18 heavy (non-hydrogen) atoms. The molecule has 2 aromatic rings. The molecule has 90 valence electrons. The van der Waals surface area contributed by atoms with Gasteiger partial charge < -0.3 is 0 Å². The summed E-state index contributed by atoms with van der Waals surface area (Å²) in [7, 11) is 0. The number of Topliss-reactive ketones (excluding diaryl/α,β-unsaturated/α-hetero) is 1. The lowest BCUT2D eigenvalue weighted by Gasteiger charge is -2.08. The highest BCUT2D eigenvalue weighted by Crippen LogP contribution is 2.26. The first kappa shape index (κ1) is 13.2. The molecular weight excluding hydrogens is 364 g/mol. The minimum Gasteiger partial charge on any atom is -0.292 e. The molecule has 1 heterocycles. The lowest BCUT2D eigenvalue weighted by molar-refractivity contribution is 0.0979. The molecule has 2 rings (SSSR count). The van der Waals surface area contributed by atoms with Crippen LogP contribution in [0.15, 0.2) is 35.7 Å². The van der Waals surface area contributed by atoms with Crippen LogP contribution in [-0.4, -0.2) is 5.78 Å². The quantitative estimate of drug-likeness (QED) is 0.605. The molecule has 0 spiro atoms. The SMILES string of the molecule is N#CC(C(=O)c1ccc(F)cc1I)c1cccs1. The van der Waals surface area contributed by atoms with Gasteiger partial charge in [0.05, 0.1) is 6.07 Å². The van der Waals surface area contributed by atoms with Gasteiger partial charge in [0.2, 0.25) is 0 Å². The van der Waals surface area contributed by atoms with E-state index >= 15 is 0 Å². The van der Waals surface area contributed by atoms with Crippen LogP contribution in [0.25, 0.3) is 0 Å². The highest BCUT2D eigenvalue weighted by Gasteiger charge is 2.24. The maximum absolute atomic E-state index is 13.0. The van der Waals surface area contributed by atoms with Crippen molar-refractivity contribution in [2.45, 2.75) is 5.92 Å². The summed E-state index contributed by atoms with van der Waals surface area (Å²) in [6, 6.07) is 9.51. The average Bonchev–Trinajstić information content (AvgIpc) is 2.83. The molecule has 0 amide bonds. The van der Waals surface area contributed by atoms with E-state index in [0.717, 1.165) is 0 Å². The van der Waals surface area contributed by atoms with Crippen molar-refractivity contribution in [2.75, 3.05) is 0 Å². The van der Waals surface area contributed by atoms with Gasteiger partial charge in [0, 0.05) is 14.0 Å². The zero-order valence-corrected chi connectivity index (χ0v) is 12.0. The Balaban J connectivity index is 2.39. The zero-order chi connectivity index (χ0) is 13.1. The first-order valence-electron chi connectivity index (χ1n) is 5.05. The van der Waals surface area contributed by atoms with E-state index in [1.54, 1.807) is 12.1 Å². The Bertz CT molecular complexity index is 618. The monoisotopic (exact) mass is 371 g/mol. The molecule has 0 aliphatic heterocycles. The van der Waals surface area contributed by atoms with Crippen molar-refractivity contribution in [3.63, 3.8) is 0 Å². The standard InChI is InChI=1S/C13H7FINOS/c14-8-3-4-9(11(15)6-8)13(17)10(7-16)12-2-1-5-18-12/h1-6,10H. The van der Waals surface area contributed by atoms with Gasteiger partial charge in [-0.3, -0.25) is 4.79 Å². The first-order chi connectivity index (χ1) is 8.63. The first-order valence-corrected chi connectivity index (χ1v) is 7.01. The molecule has 5 heteroatoms. The zero-order valence-electron chi connectivity index (χ0n) is 9.06. The largest absolute Gasteiger partial charge is 0.292 e. The fraction of sp³-hybridized carbons (Fsp3) is 0.0769. The summed E-state index contributed by atoms with van der Waals surface area (Å²) in [6.07, 6.45) is 0. The smallest absolute Gasteiger partial charge is 0.186 e. The number of nitrogens with zero attached hydrogens (tertiary/aromatic N) is 1. The van der Waals surface area contributed by atoms with Crippen molar-refractivity contribution in [3.05, 3.63) is 55.5 Å². The summed E-state index contributed by atoms with van der Waals surface area (Å²) in [5.41, 5.74) is 0.386. The Morgan fingerprint density at radius 1 is 1.44 bits per heavy atom. The molecule has 0 aliphatic carbocycles. The Kier molecular flexibility index (Phi) is 4.09. The summed E-state index contributed by atoms with van der Waals surface area (Å²) in [4.78, 5) is 13.0. The van der Waals surface area contributed by atoms with Crippen LogP contribution in [0.2, 0.25) is 0 Å². The molecule has 1 aromatic heterocycles. The number of carbonyl (C=O) groups excluding carboxylic acids is 1. The van der Waals surface area contributed by atoms with Crippen molar-refractivity contribution < 1.29 is 9.18 Å². The van der Waals surface area contributed by atoms with Crippen molar-refractivity contribution in [2.24, 2.45) is 0 Å². The Morgan fingerprint density at radius 2 is 2.22 bits per heavy atom. The molecule has 0 fully saturated rings. The summed E-state index contributed by atoms with van der Waals surface area (Å²) in [5, 5.41) is 11.0. The third-order valence-electron chi connectivity index (χ3n) is 2.42. The van der Waals surface area contributed by atoms with E-state index in [-0.39, 0.29) is 11.6 Å². The average molecular weight is 371 g/mol. The van der Waals surface area contributed by atoms with Crippen LogP contribution >= 0.6 is 33.9 Å². The van der Waals surface area contributed by atoms with Crippen molar-refractivity contribution in [1.82, 2.24) is 0 Å². The van der Waals surface area contributed by atoms with Crippen LogP contribution in [-0.2, 0) is 0 Å². The van der Waals surface area contributed by atoms with Crippen LogP contribution in [0, 0.1) is 20.7 Å². The third kappa shape index (κ3) is 2.60. The molecule has 1 aromatic carbocycles. The van der Waals surface area contributed by atoms with Crippen LogP contribution in [0.1, 0.15) is 21.2 Å². The third-order valence-corrected chi connectivity index (χ3v) is 4.25. The maximum Gasteiger partial charge on any atom is 0.186 e. The normalized spacial score (nSPS) is 11.8. The molecule has 0 saturated carbocycles. The lowest BCUT2D eigenvalue weighted by atomic mass is 9.97. The Labute approximate surface area is 121 Å². The van der Waals surface area contributed by atoms with E-state index in [1.807, 2.05) is 34.0 Å². The second kappa shape index (κ2) is 5.59. The topological polar surface area (TPSA) is 40.9 Å². The number of ketones is 1. The van der Waals surface area contributed by atoms with Crippen LogP contribution in [0.3, 0.4) is 0 Å². The molecule has 0 bridgehead atoms. The summed E-state index contributed by atoms with van der Waals surface area (Å²) < 4.78 is 13.5. The Hall–Kier alpha value is -1.26. The molecule has 0 aliphatic rings. The molecule has 0 N–H and O–H groups in total. The van der Waals surface area contributed by atoms with Gasteiger partial charge in [-0.2, -0.15) is 5.26 Å². The van der Waals surface area contributed by atoms with Gasteiger partial charge in [0.15, 0.2) is 5.78 Å². The highest BCUT2D eigenvalue weighted by atomic mass is 127. The minimum absolute atomic E-state index is 0.288. The van der Waals surface area contributed by atoms with Gasteiger partial charge in [-0.05, 0) is 52.2 Å². The number of hydrogen-bond acceptors (Lipinski definition) is 3. The minimum atomic E-state index is -0.816. The van der Waals surface area contributed by atoms with E-state index in [4.69, 9.17) is 5.26 Å². The number of carbonyl (C=O) groups is 1. The molecule has 0 radical (unpaired) electrons. The molecular formula is C13H7FINOS. The van der Waals surface area contributed by atoms with Gasteiger partial charge in [-0.15, -0.1) is 11.3 Å². The van der Waals surface area contributed by atoms with Gasteiger partial charge in [0.1, 0.15) is 11.7 Å². The van der Waals surface area contributed by atoms with Gasteiger partial charge >= 0.3 is 0 Å². The van der Waals surface area contributed by atoms with Crippen LogP contribution in [0.4, 0.5) is 4.39 Å². The van der Waals surface area contributed by atoms with E-state index in [0.29, 0.717) is 14.0 Å². The summed E-state index contributed by atoms with van der Waals surface area (Å²) in [5.74, 6) is -1.49. The highest BCUT2D eigenvalue weighted by molar-refractivity contribution is 14.1. The fourth-order valence-corrected chi connectivity index (χ4v) is 3.06. The summed E-state index contributed by atoms with van der Waals surface area (Å²) in [6.45, 7) is 0. The van der Waals surface area contributed by atoms with E-state index in [1.165, 1.54) is 29.5 Å². The van der Waals surface area contributed by atoms with Gasteiger partial charge in [-0.1, -0.05) is 6.07 Å². The predicted molar refractivity (Wildman–Crippen MR) is 76.1 cm³/mol. The second-order valence-electron chi connectivity index (χ2n) is 3.57. The molecule has 2 nitrogen and oxygen atoms in total. The maximum atomic E-state index is 13.0. The van der Waals surface area contributed by atoms with E-state index < -0.39 is 5.92 Å². The predicted octanol–water partition coefficient (Wildman–Crippen LogP) is 3.98. The van der Waals surface area contributed by atoms with Gasteiger partial charge in [-0.25, -0.2) is 4.39 Å². The van der Waals surface area contributed by atoms with Crippen LogP contribution in [0.5, 0.6) is 0 Å². The number of hydrogen-bond donors (Lipinski definition) is 0. The summed E-state index contributed by atoms with van der Waals surface area (Å²) >= 11 is 3.27. The molecule has 1 unspecified atom stereocenters. The fourth-order valence-electron chi connectivity index (χ4n) is 1.55. The number of halogens is 2. The number of thiophene rings is 1. The van der Waals surface area contributed by atoms with Crippen LogP contribution < -0.4 is 0 Å². The molecule has 1 atom stereocenters. The van der Waals surface area contributed by atoms with Crippen molar-refractivity contribution >= 4 is 39.7 Å². The van der Waals surface area contributed by atoms with Crippen molar-refractivity contribution in [1.29, 1.82) is 5.26 Å². The lowest BCUT2D eigenvalue weighted by Crippen LogP contribution is -2.11. The van der Waals surface area contributed by atoms with Gasteiger partial charge in [0.25, 0.3) is 0 Å². The molecule has 0 saturated heterocycles. The Morgan fingerprint density at radius 3 is 2.78 bits per heavy atom. The van der Waals surface area contributed by atoms with E-state index in [2.05, 4.69) is 0 Å². The van der Waals surface area contributed by atoms with E-state index in [9.17, 15) is 9.18 Å².